The van der Waals surface area contributed by atoms with E-state index in [1.54, 1.807) is 19.1 Å². The van der Waals surface area contributed by atoms with E-state index in [9.17, 15) is 19.2 Å². The van der Waals surface area contributed by atoms with Gasteiger partial charge in [0.2, 0.25) is 0 Å². The van der Waals surface area contributed by atoms with Crippen LogP contribution in [0.15, 0.2) is 36.4 Å². The molecule has 0 aliphatic carbocycles. The Kier molecular flexibility index (Phi) is 8.52. The lowest BCUT2D eigenvalue weighted by molar-refractivity contribution is -0.141. The van der Waals surface area contributed by atoms with Crippen molar-refractivity contribution < 1.29 is 33.4 Å². The summed E-state index contributed by atoms with van der Waals surface area (Å²) in [5.41, 5.74) is 0.279. The van der Waals surface area contributed by atoms with Crippen LogP contribution in [0.25, 0.3) is 0 Å². The van der Waals surface area contributed by atoms with E-state index in [4.69, 9.17) is 9.47 Å². The summed E-state index contributed by atoms with van der Waals surface area (Å²) in [5, 5.41) is 0. The monoisotopic (exact) mass is 334 g/mol. The maximum atomic E-state index is 11.7. The second-order valence-corrected chi connectivity index (χ2v) is 4.49. The molecule has 0 unspecified atom stereocenters. The Morgan fingerprint density at radius 3 is 2.38 bits per heavy atom. The Morgan fingerprint density at radius 1 is 1.04 bits per heavy atom. The largest absolute Gasteiger partial charge is 0.463 e. The van der Waals surface area contributed by atoms with Crippen LogP contribution in [-0.4, -0.2) is 37.4 Å². The number of esters is 3. The van der Waals surface area contributed by atoms with Crippen molar-refractivity contribution in [2.24, 2.45) is 0 Å². The second kappa shape index (κ2) is 10.7. The van der Waals surface area contributed by atoms with E-state index in [-0.39, 0.29) is 37.4 Å². The van der Waals surface area contributed by atoms with Crippen LogP contribution in [0.1, 0.15) is 30.1 Å². The van der Waals surface area contributed by atoms with Crippen molar-refractivity contribution >= 4 is 24.2 Å². The third-order valence-corrected chi connectivity index (χ3v) is 2.68. The van der Waals surface area contributed by atoms with E-state index in [1.807, 2.05) is 0 Å². The van der Waals surface area contributed by atoms with E-state index in [0.29, 0.717) is 6.29 Å². The quantitative estimate of drug-likeness (QED) is 0.223. The molecule has 0 heterocycles. The molecular weight excluding hydrogens is 316 g/mol. The number of hydrogen-bond donors (Lipinski definition) is 0. The Morgan fingerprint density at radius 2 is 1.71 bits per heavy atom. The van der Waals surface area contributed by atoms with Gasteiger partial charge in [0.1, 0.15) is 5.75 Å². The van der Waals surface area contributed by atoms with Crippen molar-refractivity contribution in [1.29, 1.82) is 0 Å². The highest BCUT2D eigenvalue weighted by atomic mass is 16.5. The van der Waals surface area contributed by atoms with E-state index in [1.165, 1.54) is 12.1 Å². The van der Waals surface area contributed by atoms with Crippen molar-refractivity contribution in [3.63, 3.8) is 0 Å². The number of para-hydroxylation sites is 1. The van der Waals surface area contributed by atoms with Gasteiger partial charge in [0.15, 0.2) is 6.29 Å². The molecule has 1 aromatic carbocycles. The number of aldehydes is 1. The molecule has 0 N–H and O–H groups in total. The highest BCUT2D eigenvalue weighted by Gasteiger charge is 2.09. The molecule has 0 aliphatic heterocycles. The maximum absolute atomic E-state index is 11.7. The first-order valence-corrected chi connectivity index (χ1v) is 7.33. The molecule has 0 saturated heterocycles. The lowest BCUT2D eigenvalue weighted by Gasteiger charge is -2.06. The number of carbonyl (C=O) groups excluding carboxylic acids is 4. The summed E-state index contributed by atoms with van der Waals surface area (Å²) in [5.74, 6) is -1.69. The van der Waals surface area contributed by atoms with Crippen molar-refractivity contribution in [2.45, 2.75) is 19.8 Å². The molecule has 0 bridgehead atoms. The fourth-order valence-electron chi connectivity index (χ4n) is 1.61. The molecule has 0 atom stereocenters. The summed E-state index contributed by atoms with van der Waals surface area (Å²) in [6, 6.07) is 6.35. The first-order valence-electron chi connectivity index (χ1n) is 7.33. The van der Waals surface area contributed by atoms with Gasteiger partial charge >= 0.3 is 17.9 Å². The summed E-state index contributed by atoms with van der Waals surface area (Å²) in [4.78, 5) is 44.8. The summed E-state index contributed by atoms with van der Waals surface area (Å²) in [6.07, 6.45) is 2.79. The SMILES string of the molecule is CCOC(=O)/C=C\C(=O)OCCCC(=O)Oc1ccccc1C=O. The molecule has 128 valence electrons. The molecule has 7 heteroatoms. The van der Waals surface area contributed by atoms with Crippen LogP contribution in [0.4, 0.5) is 0 Å². The molecule has 1 aromatic rings. The van der Waals surface area contributed by atoms with Gasteiger partial charge in [0, 0.05) is 18.6 Å². The molecule has 7 nitrogen and oxygen atoms in total. The van der Waals surface area contributed by atoms with E-state index >= 15 is 0 Å². The van der Waals surface area contributed by atoms with E-state index in [2.05, 4.69) is 4.74 Å². The molecule has 0 spiro atoms. The van der Waals surface area contributed by atoms with Crippen molar-refractivity contribution in [3.05, 3.63) is 42.0 Å². The average molecular weight is 334 g/mol. The summed E-state index contributed by atoms with van der Waals surface area (Å²) >= 11 is 0. The lowest BCUT2D eigenvalue weighted by Crippen LogP contribution is -2.11. The first-order chi connectivity index (χ1) is 11.6. The highest BCUT2D eigenvalue weighted by molar-refractivity contribution is 5.91. The Balaban J connectivity index is 2.27. The predicted molar refractivity (Wildman–Crippen MR) is 83.4 cm³/mol. The zero-order valence-corrected chi connectivity index (χ0v) is 13.2. The van der Waals surface area contributed by atoms with Crippen LogP contribution < -0.4 is 4.74 Å². The summed E-state index contributed by atoms with van der Waals surface area (Å²) in [6.45, 7) is 1.86. The Labute approximate surface area is 139 Å². The van der Waals surface area contributed by atoms with Crippen molar-refractivity contribution in [2.75, 3.05) is 13.2 Å². The number of benzene rings is 1. The molecule has 0 saturated carbocycles. The van der Waals surface area contributed by atoms with Crippen LogP contribution in [0.3, 0.4) is 0 Å². The normalized spacial score (nSPS) is 10.2. The predicted octanol–water partition coefficient (Wildman–Crippen LogP) is 1.85. The van der Waals surface area contributed by atoms with Gasteiger partial charge in [-0.05, 0) is 25.5 Å². The molecule has 0 amide bonds. The fourth-order valence-corrected chi connectivity index (χ4v) is 1.61. The molecule has 1 rings (SSSR count). The molecule has 0 aliphatic rings. The Hall–Kier alpha value is -2.96. The zero-order valence-electron chi connectivity index (χ0n) is 13.2. The summed E-state index contributed by atoms with van der Waals surface area (Å²) < 4.78 is 14.5. The number of rotatable bonds is 9. The summed E-state index contributed by atoms with van der Waals surface area (Å²) in [7, 11) is 0. The fraction of sp³-hybridized carbons (Fsp3) is 0.294. The molecule has 24 heavy (non-hydrogen) atoms. The standard InChI is InChI=1S/C17H18O7/c1-2-22-15(19)9-10-16(20)23-11-5-8-17(21)24-14-7-4-3-6-13(14)12-18/h3-4,6-7,9-10,12H,2,5,8,11H2,1H3/b10-9-. The Bertz CT molecular complexity index is 619. The number of carbonyl (C=O) groups is 4. The average Bonchev–Trinajstić information content (AvgIpc) is 2.57. The van der Waals surface area contributed by atoms with Gasteiger partial charge in [-0.3, -0.25) is 9.59 Å². The van der Waals surface area contributed by atoms with Crippen molar-refractivity contribution in [1.82, 2.24) is 0 Å². The topological polar surface area (TPSA) is 96.0 Å². The van der Waals surface area contributed by atoms with E-state index < -0.39 is 17.9 Å². The van der Waals surface area contributed by atoms with Gasteiger partial charge in [-0.25, -0.2) is 9.59 Å². The van der Waals surface area contributed by atoms with E-state index in [0.717, 1.165) is 12.2 Å². The molecule has 0 fully saturated rings. The van der Waals surface area contributed by atoms with Gasteiger partial charge in [-0.2, -0.15) is 0 Å². The van der Waals surface area contributed by atoms with Crippen LogP contribution in [-0.2, 0) is 23.9 Å². The number of ether oxygens (including phenoxy) is 3. The van der Waals surface area contributed by atoms with Crippen LogP contribution in [0.2, 0.25) is 0 Å². The number of hydrogen-bond acceptors (Lipinski definition) is 7. The first kappa shape index (κ1) is 19.1. The van der Waals surface area contributed by atoms with Crippen LogP contribution >= 0.6 is 0 Å². The van der Waals surface area contributed by atoms with Gasteiger partial charge < -0.3 is 14.2 Å². The molecular formula is C17H18O7. The van der Waals surface area contributed by atoms with Crippen LogP contribution in [0, 0.1) is 0 Å². The maximum Gasteiger partial charge on any atom is 0.331 e. The lowest BCUT2D eigenvalue weighted by atomic mass is 10.2. The van der Waals surface area contributed by atoms with Gasteiger partial charge in [-0.15, -0.1) is 0 Å². The zero-order chi connectivity index (χ0) is 17.8. The molecule has 0 aromatic heterocycles. The third kappa shape index (κ3) is 7.35. The highest BCUT2D eigenvalue weighted by Crippen LogP contribution is 2.16. The second-order valence-electron chi connectivity index (χ2n) is 4.49. The minimum Gasteiger partial charge on any atom is -0.463 e. The van der Waals surface area contributed by atoms with Gasteiger partial charge in [-0.1, -0.05) is 12.1 Å². The smallest absolute Gasteiger partial charge is 0.331 e. The van der Waals surface area contributed by atoms with Gasteiger partial charge in [0.25, 0.3) is 0 Å². The minimum absolute atomic E-state index is 0.00355. The van der Waals surface area contributed by atoms with Crippen LogP contribution in [0.5, 0.6) is 5.75 Å². The van der Waals surface area contributed by atoms with Crippen molar-refractivity contribution in [3.8, 4) is 5.75 Å². The van der Waals surface area contributed by atoms with Gasteiger partial charge in [0.05, 0.1) is 18.8 Å². The third-order valence-electron chi connectivity index (χ3n) is 2.68. The minimum atomic E-state index is -0.706. The molecule has 0 radical (unpaired) electrons.